The third kappa shape index (κ3) is 3.66. The number of carbonyl (C=O) groups is 2. The summed E-state index contributed by atoms with van der Waals surface area (Å²) in [6.07, 6.45) is -0.619. The average Bonchev–Trinajstić information content (AvgIpc) is 2.94. The highest BCUT2D eigenvalue weighted by molar-refractivity contribution is 7.09. The predicted molar refractivity (Wildman–Crippen MR) is 78.2 cm³/mol. The molecule has 110 valence electrons. The van der Waals surface area contributed by atoms with Crippen LogP contribution in [0.1, 0.15) is 39.7 Å². The summed E-state index contributed by atoms with van der Waals surface area (Å²) >= 11 is 1.25. The molecule has 0 aliphatic heterocycles. The summed E-state index contributed by atoms with van der Waals surface area (Å²) < 4.78 is 9.98. The second kappa shape index (κ2) is 6.49. The number of thiazole rings is 1. The minimum atomic E-state index is -0.619. The van der Waals surface area contributed by atoms with Crippen molar-refractivity contribution in [2.45, 2.75) is 20.0 Å². The summed E-state index contributed by atoms with van der Waals surface area (Å²) in [5, 5.41) is 2.13. The van der Waals surface area contributed by atoms with E-state index in [9.17, 15) is 9.59 Å². The first kappa shape index (κ1) is 15.2. The molecule has 0 spiro atoms. The third-order valence-corrected chi connectivity index (χ3v) is 3.69. The Hall–Kier alpha value is -2.21. The van der Waals surface area contributed by atoms with Crippen molar-refractivity contribution in [3.8, 4) is 0 Å². The molecule has 6 heteroatoms. The van der Waals surface area contributed by atoms with Gasteiger partial charge in [0.15, 0.2) is 11.8 Å². The number of aryl methyl sites for hydroxylation is 1. The van der Waals surface area contributed by atoms with E-state index < -0.39 is 18.0 Å². The molecule has 2 aromatic rings. The largest absolute Gasteiger partial charge is 0.464 e. The summed E-state index contributed by atoms with van der Waals surface area (Å²) in [4.78, 5) is 27.0. The highest BCUT2D eigenvalue weighted by atomic mass is 32.1. The van der Waals surface area contributed by atoms with Gasteiger partial charge in [0.2, 0.25) is 0 Å². The van der Waals surface area contributed by atoms with Gasteiger partial charge in [-0.05, 0) is 12.5 Å². The Morgan fingerprint density at radius 3 is 2.48 bits per heavy atom. The number of nitrogens with zero attached hydrogens (tertiary/aromatic N) is 1. The Bertz CT molecular complexity index is 648. The Balaban J connectivity index is 2.35. The second-order valence-corrected chi connectivity index (χ2v) is 5.35. The van der Waals surface area contributed by atoms with Crippen molar-refractivity contribution in [3.63, 3.8) is 0 Å². The molecule has 0 aliphatic carbocycles. The number of ether oxygens (including phenoxy) is 2. The zero-order valence-electron chi connectivity index (χ0n) is 12.0. The van der Waals surface area contributed by atoms with Gasteiger partial charge in [-0.15, -0.1) is 11.3 Å². The minimum absolute atomic E-state index is 0.210. The minimum Gasteiger partial charge on any atom is -0.464 e. The number of methoxy groups -OCH3 is 1. The number of benzene rings is 1. The molecular weight excluding hydrogens is 290 g/mol. The zero-order chi connectivity index (χ0) is 15.4. The summed E-state index contributed by atoms with van der Waals surface area (Å²) in [7, 11) is 1.30. The van der Waals surface area contributed by atoms with Gasteiger partial charge < -0.3 is 9.47 Å². The van der Waals surface area contributed by atoms with Gasteiger partial charge in [0.25, 0.3) is 0 Å². The Morgan fingerprint density at radius 1 is 1.24 bits per heavy atom. The molecule has 0 amide bonds. The van der Waals surface area contributed by atoms with E-state index in [1.807, 2.05) is 31.2 Å². The quantitative estimate of drug-likeness (QED) is 0.813. The van der Waals surface area contributed by atoms with Crippen molar-refractivity contribution in [3.05, 3.63) is 51.5 Å². The van der Waals surface area contributed by atoms with E-state index in [-0.39, 0.29) is 5.69 Å². The zero-order valence-corrected chi connectivity index (χ0v) is 12.8. The maximum Gasteiger partial charge on any atom is 0.357 e. The summed E-state index contributed by atoms with van der Waals surface area (Å²) in [5.74, 6) is -0.918. The van der Waals surface area contributed by atoms with E-state index >= 15 is 0 Å². The van der Waals surface area contributed by atoms with Crippen LogP contribution in [0.4, 0.5) is 0 Å². The van der Waals surface area contributed by atoms with E-state index in [0.717, 1.165) is 11.1 Å². The lowest BCUT2D eigenvalue weighted by atomic mass is 10.1. The lowest BCUT2D eigenvalue weighted by Crippen LogP contribution is -2.11. The lowest BCUT2D eigenvalue weighted by Gasteiger charge is -2.15. The van der Waals surface area contributed by atoms with Gasteiger partial charge in [-0.2, -0.15) is 0 Å². The van der Waals surface area contributed by atoms with Gasteiger partial charge in [-0.1, -0.05) is 29.8 Å². The molecule has 0 saturated carbocycles. The van der Waals surface area contributed by atoms with E-state index in [0.29, 0.717) is 5.01 Å². The van der Waals surface area contributed by atoms with E-state index in [2.05, 4.69) is 9.72 Å². The van der Waals surface area contributed by atoms with Crippen LogP contribution in [0.15, 0.2) is 29.6 Å². The number of carbonyl (C=O) groups excluding carboxylic acids is 2. The topological polar surface area (TPSA) is 65.5 Å². The first-order valence-corrected chi connectivity index (χ1v) is 7.16. The van der Waals surface area contributed by atoms with E-state index in [1.54, 1.807) is 5.38 Å². The molecule has 0 radical (unpaired) electrons. The summed E-state index contributed by atoms with van der Waals surface area (Å²) in [6.45, 7) is 3.32. The molecule has 1 unspecified atom stereocenters. The molecule has 1 aromatic heterocycles. The van der Waals surface area contributed by atoms with Crippen molar-refractivity contribution >= 4 is 23.3 Å². The summed E-state index contributed by atoms with van der Waals surface area (Å²) in [5.41, 5.74) is 2.12. The van der Waals surface area contributed by atoms with Crippen molar-refractivity contribution in [2.24, 2.45) is 0 Å². The fourth-order valence-corrected chi connectivity index (χ4v) is 2.61. The molecule has 0 fully saturated rings. The van der Waals surface area contributed by atoms with Crippen LogP contribution in [0.2, 0.25) is 0 Å². The number of hydrogen-bond donors (Lipinski definition) is 0. The van der Waals surface area contributed by atoms with E-state index in [1.165, 1.54) is 25.4 Å². The van der Waals surface area contributed by atoms with Crippen LogP contribution < -0.4 is 0 Å². The van der Waals surface area contributed by atoms with Crippen LogP contribution in [0.3, 0.4) is 0 Å². The molecule has 1 heterocycles. The molecule has 1 atom stereocenters. The molecule has 0 bridgehead atoms. The number of rotatable bonds is 4. The van der Waals surface area contributed by atoms with Gasteiger partial charge in [0.1, 0.15) is 5.01 Å². The molecule has 21 heavy (non-hydrogen) atoms. The molecule has 5 nitrogen and oxygen atoms in total. The maximum absolute atomic E-state index is 11.5. The van der Waals surface area contributed by atoms with Crippen LogP contribution >= 0.6 is 11.3 Å². The molecule has 0 N–H and O–H groups in total. The molecule has 1 aromatic carbocycles. The third-order valence-electron chi connectivity index (χ3n) is 2.80. The van der Waals surface area contributed by atoms with Gasteiger partial charge in [-0.25, -0.2) is 9.78 Å². The Morgan fingerprint density at radius 2 is 1.90 bits per heavy atom. The van der Waals surface area contributed by atoms with E-state index in [4.69, 9.17) is 4.74 Å². The summed E-state index contributed by atoms with van der Waals surface area (Å²) in [6, 6.07) is 7.62. The van der Waals surface area contributed by atoms with Gasteiger partial charge in [0.05, 0.1) is 7.11 Å². The molecule has 2 rings (SSSR count). The second-order valence-electron chi connectivity index (χ2n) is 4.46. The van der Waals surface area contributed by atoms with Crippen LogP contribution in [0.25, 0.3) is 0 Å². The Kier molecular flexibility index (Phi) is 4.70. The number of esters is 2. The SMILES string of the molecule is COC(=O)c1csc(C(OC(C)=O)c2ccc(C)cc2)n1. The van der Waals surface area contributed by atoms with Crippen LogP contribution in [0, 0.1) is 6.92 Å². The lowest BCUT2D eigenvalue weighted by molar-refractivity contribution is -0.144. The number of aromatic nitrogens is 1. The van der Waals surface area contributed by atoms with Gasteiger partial charge >= 0.3 is 11.9 Å². The van der Waals surface area contributed by atoms with Gasteiger partial charge in [0, 0.05) is 12.3 Å². The molecular formula is C15H15NO4S. The fourth-order valence-electron chi connectivity index (χ4n) is 1.77. The van der Waals surface area contributed by atoms with Crippen LogP contribution in [-0.4, -0.2) is 24.0 Å². The Labute approximate surface area is 126 Å². The predicted octanol–water partition coefficient (Wildman–Crippen LogP) is 2.89. The number of hydrogen-bond acceptors (Lipinski definition) is 6. The maximum atomic E-state index is 11.5. The first-order chi connectivity index (χ1) is 10.0. The van der Waals surface area contributed by atoms with Crippen molar-refractivity contribution in [1.82, 2.24) is 4.98 Å². The average molecular weight is 305 g/mol. The highest BCUT2D eigenvalue weighted by Crippen LogP contribution is 2.29. The molecule has 0 saturated heterocycles. The normalized spacial score (nSPS) is 11.8. The van der Waals surface area contributed by atoms with Gasteiger partial charge in [-0.3, -0.25) is 4.79 Å². The fraction of sp³-hybridized carbons (Fsp3) is 0.267. The standard InChI is InChI=1S/C15H15NO4S/c1-9-4-6-11(7-5-9)13(20-10(2)17)14-16-12(8-21-14)15(18)19-3/h4-8,13H,1-3H3. The van der Waals surface area contributed by atoms with Crippen LogP contribution in [0.5, 0.6) is 0 Å². The van der Waals surface area contributed by atoms with Crippen LogP contribution in [-0.2, 0) is 14.3 Å². The first-order valence-electron chi connectivity index (χ1n) is 6.28. The highest BCUT2D eigenvalue weighted by Gasteiger charge is 2.22. The smallest absolute Gasteiger partial charge is 0.357 e. The molecule has 0 aliphatic rings. The monoisotopic (exact) mass is 305 g/mol. The van der Waals surface area contributed by atoms with Crippen molar-refractivity contribution in [2.75, 3.05) is 7.11 Å². The van der Waals surface area contributed by atoms with Crippen molar-refractivity contribution in [1.29, 1.82) is 0 Å². The van der Waals surface area contributed by atoms with Crippen molar-refractivity contribution < 1.29 is 19.1 Å².